The number of benzene rings is 2. The van der Waals surface area contributed by atoms with E-state index >= 15 is 0 Å². The minimum absolute atomic E-state index is 0.186. The van der Waals surface area contributed by atoms with E-state index in [1.54, 1.807) is 4.68 Å². The second-order valence-electron chi connectivity index (χ2n) is 6.34. The van der Waals surface area contributed by atoms with E-state index in [0.29, 0.717) is 22.3 Å². The highest BCUT2D eigenvalue weighted by atomic mass is 35.5. The minimum Gasteiger partial charge on any atom is -0.320 e. The van der Waals surface area contributed by atoms with E-state index in [0.717, 1.165) is 29.8 Å². The molecule has 4 nitrogen and oxygen atoms in total. The van der Waals surface area contributed by atoms with Crippen molar-refractivity contribution < 1.29 is 4.79 Å². The zero-order valence-corrected chi connectivity index (χ0v) is 14.6. The number of anilines is 1. The number of halogens is 1. The molecule has 4 rings (SSSR count). The maximum atomic E-state index is 12.9. The zero-order valence-electron chi connectivity index (χ0n) is 13.9. The van der Waals surface area contributed by atoms with Gasteiger partial charge < -0.3 is 5.32 Å². The molecule has 1 aliphatic rings. The summed E-state index contributed by atoms with van der Waals surface area (Å²) in [6, 6.07) is 17.1. The summed E-state index contributed by atoms with van der Waals surface area (Å²) >= 11 is 6.16. The predicted molar refractivity (Wildman–Crippen MR) is 99.7 cm³/mol. The number of nitrogens with zero attached hydrogens (tertiary/aromatic N) is 2. The van der Waals surface area contributed by atoms with Crippen molar-refractivity contribution in [2.75, 3.05) is 5.32 Å². The van der Waals surface area contributed by atoms with Crippen LogP contribution < -0.4 is 5.32 Å². The lowest BCUT2D eigenvalue weighted by Crippen LogP contribution is -2.17. The fourth-order valence-electron chi connectivity index (χ4n) is 2.84. The number of para-hydroxylation sites is 1. The molecular weight excluding hydrogens is 334 g/mol. The fourth-order valence-corrected chi connectivity index (χ4v) is 3.01. The number of aromatic nitrogens is 2. The van der Waals surface area contributed by atoms with Crippen molar-refractivity contribution in [3.05, 3.63) is 76.6 Å². The third-order valence-corrected chi connectivity index (χ3v) is 4.88. The number of carbonyl (C=O) groups is 1. The number of rotatable bonds is 4. The molecule has 5 heteroatoms. The Hall–Kier alpha value is -2.59. The molecule has 3 aromatic rings. The monoisotopic (exact) mass is 351 g/mol. The molecule has 0 saturated heterocycles. The number of amides is 1. The van der Waals surface area contributed by atoms with E-state index in [1.807, 2.05) is 61.5 Å². The van der Waals surface area contributed by atoms with Crippen molar-refractivity contribution in [3.63, 3.8) is 0 Å². The van der Waals surface area contributed by atoms with Crippen LogP contribution in [0.1, 0.15) is 40.5 Å². The maximum absolute atomic E-state index is 12.9. The highest BCUT2D eigenvalue weighted by molar-refractivity contribution is 6.31. The Bertz CT molecular complexity index is 929. The number of nitrogens with one attached hydrogen (secondary N) is 1. The van der Waals surface area contributed by atoms with Gasteiger partial charge in [0, 0.05) is 16.6 Å². The first-order chi connectivity index (χ1) is 12.1. The van der Waals surface area contributed by atoms with Crippen molar-refractivity contribution in [2.45, 2.75) is 25.7 Å². The fraction of sp³-hybridized carbons (Fsp3) is 0.200. The smallest absolute Gasteiger partial charge is 0.274 e. The van der Waals surface area contributed by atoms with Crippen LogP contribution in [0.4, 0.5) is 5.69 Å². The van der Waals surface area contributed by atoms with Crippen LogP contribution in [0, 0.1) is 6.92 Å². The van der Waals surface area contributed by atoms with Crippen LogP contribution in [-0.2, 0) is 0 Å². The SMILES string of the molecule is Cc1c(Cl)cccc1NC(=O)c1cc(C2CC2)nn1-c1ccccc1. The average Bonchev–Trinajstić information content (AvgIpc) is 3.38. The van der Waals surface area contributed by atoms with Crippen molar-refractivity contribution in [3.8, 4) is 5.69 Å². The molecule has 126 valence electrons. The molecule has 1 saturated carbocycles. The van der Waals surface area contributed by atoms with Crippen molar-refractivity contribution in [1.82, 2.24) is 9.78 Å². The molecule has 1 N–H and O–H groups in total. The van der Waals surface area contributed by atoms with Gasteiger partial charge in [-0.25, -0.2) is 4.68 Å². The van der Waals surface area contributed by atoms with Gasteiger partial charge in [-0.2, -0.15) is 5.10 Å². The Balaban J connectivity index is 1.71. The lowest BCUT2D eigenvalue weighted by Gasteiger charge is -2.11. The standard InChI is InChI=1S/C20H18ClN3O/c1-13-16(21)8-5-9-17(13)22-20(25)19-12-18(14-10-11-14)23-24(19)15-6-3-2-4-7-15/h2-9,12,14H,10-11H2,1H3,(H,22,25). The van der Waals surface area contributed by atoms with Gasteiger partial charge in [-0.3, -0.25) is 4.79 Å². The first-order valence-corrected chi connectivity index (χ1v) is 8.73. The second-order valence-corrected chi connectivity index (χ2v) is 6.75. The lowest BCUT2D eigenvalue weighted by atomic mass is 10.2. The number of hydrogen-bond acceptors (Lipinski definition) is 2. The topological polar surface area (TPSA) is 46.9 Å². The summed E-state index contributed by atoms with van der Waals surface area (Å²) in [4.78, 5) is 12.9. The molecular formula is C20H18ClN3O. The third-order valence-electron chi connectivity index (χ3n) is 4.47. The van der Waals surface area contributed by atoms with Crippen LogP contribution in [0.25, 0.3) is 5.69 Å². The molecule has 0 atom stereocenters. The Morgan fingerprint density at radius 1 is 1.16 bits per heavy atom. The Morgan fingerprint density at radius 3 is 2.64 bits per heavy atom. The van der Waals surface area contributed by atoms with Gasteiger partial charge in [-0.05, 0) is 55.7 Å². The molecule has 0 spiro atoms. The number of carbonyl (C=O) groups excluding carboxylic acids is 1. The molecule has 0 aliphatic heterocycles. The van der Waals surface area contributed by atoms with Crippen LogP contribution in [0.15, 0.2) is 54.6 Å². The molecule has 25 heavy (non-hydrogen) atoms. The summed E-state index contributed by atoms with van der Waals surface area (Å²) in [5.74, 6) is 0.290. The van der Waals surface area contributed by atoms with Crippen LogP contribution in [0.3, 0.4) is 0 Å². The summed E-state index contributed by atoms with van der Waals surface area (Å²) in [6.07, 6.45) is 2.28. The summed E-state index contributed by atoms with van der Waals surface area (Å²) < 4.78 is 1.73. The molecule has 0 bridgehead atoms. The van der Waals surface area contributed by atoms with Gasteiger partial charge in [0.2, 0.25) is 0 Å². The van der Waals surface area contributed by atoms with Gasteiger partial charge in [0.25, 0.3) is 5.91 Å². The normalized spacial score (nSPS) is 13.7. The third kappa shape index (κ3) is 3.17. The average molecular weight is 352 g/mol. The van der Waals surface area contributed by atoms with E-state index in [-0.39, 0.29) is 5.91 Å². The first kappa shape index (κ1) is 15.9. The summed E-state index contributed by atoms with van der Waals surface area (Å²) in [5.41, 5.74) is 3.96. The van der Waals surface area contributed by atoms with Gasteiger partial charge >= 0.3 is 0 Å². The number of hydrogen-bond donors (Lipinski definition) is 1. The lowest BCUT2D eigenvalue weighted by molar-refractivity contribution is 0.101. The van der Waals surface area contributed by atoms with Crippen LogP contribution in [-0.4, -0.2) is 15.7 Å². The highest BCUT2D eigenvalue weighted by Gasteiger charge is 2.29. The van der Waals surface area contributed by atoms with Gasteiger partial charge in [0.15, 0.2) is 0 Å². The highest BCUT2D eigenvalue weighted by Crippen LogP contribution is 2.39. The Kier molecular flexibility index (Phi) is 4.06. The zero-order chi connectivity index (χ0) is 17.4. The van der Waals surface area contributed by atoms with Crippen molar-refractivity contribution in [2.24, 2.45) is 0 Å². The van der Waals surface area contributed by atoms with E-state index in [1.165, 1.54) is 0 Å². The largest absolute Gasteiger partial charge is 0.320 e. The van der Waals surface area contributed by atoms with Crippen LogP contribution >= 0.6 is 11.6 Å². The molecule has 2 aromatic carbocycles. The summed E-state index contributed by atoms with van der Waals surface area (Å²) in [5, 5.41) is 8.27. The minimum atomic E-state index is -0.186. The first-order valence-electron chi connectivity index (χ1n) is 8.35. The molecule has 1 heterocycles. The Morgan fingerprint density at radius 2 is 1.92 bits per heavy atom. The molecule has 1 amide bonds. The van der Waals surface area contributed by atoms with Gasteiger partial charge in [-0.1, -0.05) is 35.9 Å². The van der Waals surface area contributed by atoms with Gasteiger partial charge in [0.05, 0.1) is 11.4 Å². The quantitative estimate of drug-likeness (QED) is 0.721. The van der Waals surface area contributed by atoms with Crippen molar-refractivity contribution >= 4 is 23.2 Å². The van der Waals surface area contributed by atoms with Crippen molar-refractivity contribution in [1.29, 1.82) is 0 Å². The summed E-state index contributed by atoms with van der Waals surface area (Å²) in [7, 11) is 0. The molecule has 1 aliphatic carbocycles. The van der Waals surface area contributed by atoms with Gasteiger partial charge in [0.1, 0.15) is 5.69 Å². The molecule has 1 aromatic heterocycles. The maximum Gasteiger partial charge on any atom is 0.274 e. The Labute approximate surface area is 151 Å². The van der Waals surface area contributed by atoms with Crippen LogP contribution in [0.2, 0.25) is 5.02 Å². The van der Waals surface area contributed by atoms with E-state index < -0.39 is 0 Å². The van der Waals surface area contributed by atoms with Gasteiger partial charge in [-0.15, -0.1) is 0 Å². The molecule has 1 fully saturated rings. The van der Waals surface area contributed by atoms with Crippen LogP contribution in [0.5, 0.6) is 0 Å². The summed E-state index contributed by atoms with van der Waals surface area (Å²) in [6.45, 7) is 1.89. The van der Waals surface area contributed by atoms with E-state index in [2.05, 4.69) is 10.4 Å². The molecule has 0 radical (unpaired) electrons. The molecule has 0 unspecified atom stereocenters. The van der Waals surface area contributed by atoms with E-state index in [4.69, 9.17) is 11.6 Å². The predicted octanol–water partition coefficient (Wildman–Crippen LogP) is 4.96. The van der Waals surface area contributed by atoms with E-state index in [9.17, 15) is 4.79 Å². The second kappa shape index (κ2) is 6.37.